The minimum absolute atomic E-state index is 0.0469. The molecule has 0 amide bonds. The SMILES string of the molecule is O=C(OCc1cccnc1)C1=CC(=O)C(c2ccccc2)(c2ccccc2)O1. The van der Waals surface area contributed by atoms with E-state index in [9.17, 15) is 9.59 Å². The minimum atomic E-state index is -1.40. The molecule has 2 aromatic carbocycles. The molecular formula is C23H17NO4. The average molecular weight is 371 g/mol. The van der Waals surface area contributed by atoms with E-state index in [2.05, 4.69) is 4.98 Å². The Hall–Kier alpha value is -3.73. The van der Waals surface area contributed by atoms with Crippen molar-refractivity contribution in [2.24, 2.45) is 0 Å². The van der Waals surface area contributed by atoms with Gasteiger partial charge in [0, 0.05) is 35.2 Å². The predicted molar refractivity (Wildman–Crippen MR) is 102 cm³/mol. The van der Waals surface area contributed by atoms with E-state index in [-0.39, 0.29) is 18.1 Å². The number of hydrogen-bond acceptors (Lipinski definition) is 5. The largest absolute Gasteiger partial charge is 0.462 e. The van der Waals surface area contributed by atoms with Crippen molar-refractivity contribution in [2.75, 3.05) is 0 Å². The lowest BCUT2D eigenvalue weighted by Crippen LogP contribution is -2.35. The van der Waals surface area contributed by atoms with Gasteiger partial charge in [-0.05, 0) is 6.07 Å². The van der Waals surface area contributed by atoms with Gasteiger partial charge in [-0.1, -0.05) is 66.7 Å². The van der Waals surface area contributed by atoms with E-state index >= 15 is 0 Å². The zero-order valence-electron chi connectivity index (χ0n) is 14.9. The van der Waals surface area contributed by atoms with Crippen molar-refractivity contribution in [1.29, 1.82) is 0 Å². The maximum Gasteiger partial charge on any atom is 0.374 e. The first-order chi connectivity index (χ1) is 13.7. The van der Waals surface area contributed by atoms with Crippen molar-refractivity contribution in [1.82, 2.24) is 4.98 Å². The number of carbonyl (C=O) groups excluding carboxylic acids is 2. The molecule has 0 unspecified atom stereocenters. The Morgan fingerprint density at radius 2 is 1.57 bits per heavy atom. The second-order valence-electron chi connectivity index (χ2n) is 6.33. The first-order valence-electron chi connectivity index (χ1n) is 8.82. The van der Waals surface area contributed by atoms with Crippen LogP contribution in [0, 0.1) is 0 Å². The third kappa shape index (κ3) is 3.18. The molecule has 0 saturated heterocycles. The van der Waals surface area contributed by atoms with Crippen LogP contribution >= 0.6 is 0 Å². The molecular weight excluding hydrogens is 354 g/mol. The zero-order chi connectivity index (χ0) is 19.4. The Kier molecular flexibility index (Phi) is 4.72. The van der Waals surface area contributed by atoms with Crippen LogP contribution in [-0.2, 0) is 31.3 Å². The van der Waals surface area contributed by atoms with E-state index in [4.69, 9.17) is 9.47 Å². The van der Waals surface area contributed by atoms with Gasteiger partial charge in [-0.2, -0.15) is 0 Å². The molecule has 1 aromatic heterocycles. The van der Waals surface area contributed by atoms with Gasteiger partial charge in [-0.15, -0.1) is 0 Å². The van der Waals surface area contributed by atoms with E-state index in [1.165, 1.54) is 6.08 Å². The lowest BCUT2D eigenvalue weighted by Gasteiger charge is -2.29. The number of nitrogens with zero attached hydrogens (tertiary/aromatic N) is 1. The van der Waals surface area contributed by atoms with Gasteiger partial charge < -0.3 is 9.47 Å². The van der Waals surface area contributed by atoms with Crippen LogP contribution in [0.3, 0.4) is 0 Å². The molecule has 0 aliphatic carbocycles. The highest BCUT2D eigenvalue weighted by atomic mass is 16.6. The molecule has 0 atom stereocenters. The van der Waals surface area contributed by atoms with Crippen molar-refractivity contribution < 1.29 is 19.1 Å². The summed E-state index contributed by atoms with van der Waals surface area (Å²) in [6, 6.07) is 21.8. The lowest BCUT2D eigenvalue weighted by molar-refractivity contribution is -0.147. The second-order valence-corrected chi connectivity index (χ2v) is 6.33. The van der Waals surface area contributed by atoms with Crippen LogP contribution < -0.4 is 0 Å². The van der Waals surface area contributed by atoms with Gasteiger partial charge >= 0.3 is 5.97 Å². The molecule has 5 nitrogen and oxygen atoms in total. The van der Waals surface area contributed by atoms with E-state index < -0.39 is 11.6 Å². The summed E-state index contributed by atoms with van der Waals surface area (Å²) in [4.78, 5) is 29.6. The molecule has 28 heavy (non-hydrogen) atoms. The maximum absolute atomic E-state index is 13.1. The number of benzene rings is 2. The highest BCUT2D eigenvalue weighted by Crippen LogP contribution is 2.41. The molecule has 3 aromatic rings. The highest BCUT2D eigenvalue weighted by molar-refractivity contribution is 6.08. The van der Waals surface area contributed by atoms with E-state index in [1.54, 1.807) is 24.5 Å². The van der Waals surface area contributed by atoms with Gasteiger partial charge in [-0.3, -0.25) is 9.78 Å². The monoisotopic (exact) mass is 371 g/mol. The lowest BCUT2D eigenvalue weighted by atomic mass is 9.83. The summed E-state index contributed by atoms with van der Waals surface area (Å²) in [7, 11) is 0. The topological polar surface area (TPSA) is 65.5 Å². The zero-order valence-corrected chi connectivity index (χ0v) is 14.9. The molecule has 0 spiro atoms. The number of esters is 1. The molecule has 1 aliphatic heterocycles. The quantitative estimate of drug-likeness (QED) is 0.642. The summed E-state index contributed by atoms with van der Waals surface area (Å²) in [5.74, 6) is -1.12. The fraction of sp³-hybridized carbons (Fsp3) is 0.0870. The Balaban J connectivity index is 1.62. The number of rotatable bonds is 5. The van der Waals surface area contributed by atoms with Crippen molar-refractivity contribution >= 4 is 11.8 Å². The number of ketones is 1. The van der Waals surface area contributed by atoms with Crippen molar-refractivity contribution in [3.8, 4) is 0 Å². The number of hydrogen-bond donors (Lipinski definition) is 0. The standard InChI is InChI=1S/C23H17NO4/c25-21-14-20(22(26)27-16-17-8-7-13-24-15-17)28-23(21,18-9-3-1-4-10-18)19-11-5-2-6-12-19/h1-15H,16H2. The molecule has 0 N–H and O–H groups in total. The van der Waals surface area contributed by atoms with E-state index in [0.717, 1.165) is 5.56 Å². The third-order valence-electron chi connectivity index (χ3n) is 4.53. The van der Waals surface area contributed by atoms with Gasteiger partial charge in [0.2, 0.25) is 17.1 Å². The summed E-state index contributed by atoms with van der Waals surface area (Å²) >= 11 is 0. The first-order valence-corrected chi connectivity index (χ1v) is 8.82. The van der Waals surface area contributed by atoms with Crippen LogP contribution in [-0.4, -0.2) is 16.7 Å². The van der Waals surface area contributed by atoms with E-state index in [1.807, 2.05) is 60.7 Å². The molecule has 2 heterocycles. The molecule has 0 bridgehead atoms. The van der Waals surface area contributed by atoms with Crippen molar-refractivity contribution in [3.63, 3.8) is 0 Å². The molecule has 0 radical (unpaired) electrons. The molecule has 1 aliphatic rings. The molecule has 5 heteroatoms. The Morgan fingerprint density at radius 3 is 2.14 bits per heavy atom. The summed E-state index contributed by atoms with van der Waals surface area (Å²) in [6.07, 6.45) is 4.47. The van der Waals surface area contributed by atoms with Crippen LogP contribution in [0.25, 0.3) is 0 Å². The minimum Gasteiger partial charge on any atom is -0.462 e. The van der Waals surface area contributed by atoms with Gasteiger partial charge in [0.05, 0.1) is 0 Å². The molecule has 0 fully saturated rings. The van der Waals surface area contributed by atoms with Gasteiger partial charge in [-0.25, -0.2) is 4.79 Å². The van der Waals surface area contributed by atoms with Crippen LogP contribution in [0.5, 0.6) is 0 Å². The smallest absolute Gasteiger partial charge is 0.374 e. The first kappa shape index (κ1) is 17.7. The Labute approximate surface area is 162 Å². The molecule has 0 saturated carbocycles. The number of aromatic nitrogens is 1. The summed E-state index contributed by atoms with van der Waals surface area (Å²) < 4.78 is 11.3. The normalized spacial score (nSPS) is 14.9. The second kappa shape index (κ2) is 7.48. The number of pyridine rings is 1. The van der Waals surface area contributed by atoms with Crippen LogP contribution in [0.15, 0.2) is 97.0 Å². The average Bonchev–Trinajstić information content (AvgIpc) is 3.12. The van der Waals surface area contributed by atoms with Gasteiger partial charge in [0.1, 0.15) is 6.61 Å². The van der Waals surface area contributed by atoms with Crippen LogP contribution in [0.2, 0.25) is 0 Å². The van der Waals surface area contributed by atoms with Crippen molar-refractivity contribution in [2.45, 2.75) is 12.2 Å². The van der Waals surface area contributed by atoms with Gasteiger partial charge in [0.25, 0.3) is 0 Å². The maximum atomic E-state index is 13.1. The fourth-order valence-corrected chi connectivity index (χ4v) is 3.18. The number of carbonyl (C=O) groups is 2. The van der Waals surface area contributed by atoms with Crippen molar-refractivity contribution in [3.05, 3.63) is 114 Å². The molecule has 4 rings (SSSR count). The fourth-order valence-electron chi connectivity index (χ4n) is 3.18. The van der Waals surface area contributed by atoms with Gasteiger partial charge in [0.15, 0.2) is 0 Å². The van der Waals surface area contributed by atoms with Crippen LogP contribution in [0.1, 0.15) is 16.7 Å². The van der Waals surface area contributed by atoms with Crippen LogP contribution in [0.4, 0.5) is 0 Å². The summed E-state index contributed by atoms with van der Waals surface area (Å²) in [6.45, 7) is 0.0469. The summed E-state index contributed by atoms with van der Waals surface area (Å²) in [5.41, 5.74) is 0.652. The van der Waals surface area contributed by atoms with E-state index in [0.29, 0.717) is 11.1 Å². The Morgan fingerprint density at radius 1 is 0.929 bits per heavy atom. The highest BCUT2D eigenvalue weighted by Gasteiger charge is 2.49. The third-order valence-corrected chi connectivity index (χ3v) is 4.53. The number of ether oxygens (including phenoxy) is 2. The predicted octanol–water partition coefficient (Wildman–Crippen LogP) is 3.55. The summed E-state index contributed by atoms with van der Waals surface area (Å²) in [5, 5.41) is 0. The molecule has 138 valence electrons. The Bertz CT molecular complexity index is 975.